The molecule has 0 aliphatic carbocycles. The highest BCUT2D eigenvalue weighted by molar-refractivity contribution is 6.09. The number of aliphatic imine (C=N–C) groups is 1. The zero-order valence-corrected chi connectivity index (χ0v) is 17.5. The van der Waals surface area contributed by atoms with Crippen LogP contribution < -0.4 is 10.9 Å². The van der Waals surface area contributed by atoms with Gasteiger partial charge in [0, 0.05) is 22.9 Å². The van der Waals surface area contributed by atoms with Crippen LogP contribution in [-0.2, 0) is 4.79 Å². The van der Waals surface area contributed by atoms with Crippen LogP contribution >= 0.6 is 0 Å². The van der Waals surface area contributed by atoms with Gasteiger partial charge in [-0.1, -0.05) is 78.4 Å². The first-order chi connectivity index (χ1) is 15.7. The largest absolute Gasteiger partial charge is 0.288 e. The fraction of sp³-hybridized carbons (Fsp3) is 0.0385. The molecule has 0 saturated heterocycles. The summed E-state index contributed by atoms with van der Waals surface area (Å²) in [6.07, 6.45) is 3.69. The molecule has 0 bridgehead atoms. The zero-order valence-electron chi connectivity index (χ0n) is 17.5. The van der Waals surface area contributed by atoms with E-state index < -0.39 is 0 Å². The Bertz CT molecular complexity index is 1320. The van der Waals surface area contributed by atoms with Gasteiger partial charge in [0.15, 0.2) is 5.84 Å². The molecule has 1 aliphatic rings. The van der Waals surface area contributed by atoms with Gasteiger partial charge in [-0.15, -0.1) is 0 Å². The normalized spacial score (nSPS) is 14.6. The third kappa shape index (κ3) is 3.94. The van der Waals surface area contributed by atoms with Gasteiger partial charge in [-0.3, -0.25) is 15.6 Å². The molecule has 0 spiro atoms. The van der Waals surface area contributed by atoms with Crippen LogP contribution in [0.5, 0.6) is 0 Å². The van der Waals surface area contributed by atoms with Crippen LogP contribution in [0.4, 0.5) is 0 Å². The number of aromatic nitrogens is 2. The fourth-order valence-electron chi connectivity index (χ4n) is 3.50. The summed E-state index contributed by atoms with van der Waals surface area (Å²) in [6, 6.07) is 27.8. The molecule has 0 fully saturated rings. The standard InChI is InChI=1S/C26H21N5O/c1-18-12-14-20(15-13-18)25-27-23(26(32)29-28-25)16-21-17-31(22-10-6-3-7-11-22)30-24(21)19-8-4-2-5-9-19/h2-17H,1H3,(H,27,28)(H,29,32). The predicted octanol–water partition coefficient (Wildman–Crippen LogP) is 4.27. The third-order valence-electron chi connectivity index (χ3n) is 5.19. The van der Waals surface area contributed by atoms with Crippen molar-refractivity contribution in [3.8, 4) is 16.9 Å². The number of amidine groups is 1. The Kier molecular flexibility index (Phi) is 5.09. The second kappa shape index (κ2) is 8.35. The maximum absolute atomic E-state index is 12.6. The van der Waals surface area contributed by atoms with E-state index >= 15 is 0 Å². The molecule has 4 aromatic rings. The summed E-state index contributed by atoms with van der Waals surface area (Å²) < 4.78 is 1.82. The molecule has 32 heavy (non-hydrogen) atoms. The van der Waals surface area contributed by atoms with Gasteiger partial charge in [-0.2, -0.15) is 5.10 Å². The molecule has 6 nitrogen and oxygen atoms in total. The monoisotopic (exact) mass is 419 g/mol. The minimum atomic E-state index is -0.299. The van der Waals surface area contributed by atoms with Gasteiger partial charge in [-0.25, -0.2) is 9.67 Å². The topological polar surface area (TPSA) is 71.3 Å². The van der Waals surface area contributed by atoms with Crippen molar-refractivity contribution in [2.75, 3.05) is 0 Å². The smallest absolute Gasteiger partial charge is 0.281 e. The Morgan fingerprint density at radius 3 is 2.22 bits per heavy atom. The summed E-state index contributed by atoms with van der Waals surface area (Å²) in [5, 5.41) is 4.80. The lowest BCUT2D eigenvalue weighted by Gasteiger charge is -2.17. The van der Waals surface area contributed by atoms with Crippen LogP contribution in [0.2, 0.25) is 0 Å². The van der Waals surface area contributed by atoms with Crippen LogP contribution in [-0.4, -0.2) is 21.5 Å². The predicted molar refractivity (Wildman–Crippen MR) is 126 cm³/mol. The highest BCUT2D eigenvalue weighted by Gasteiger charge is 2.19. The molecule has 156 valence electrons. The maximum atomic E-state index is 12.6. The highest BCUT2D eigenvalue weighted by atomic mass is 16.2. The van der Waals surface area contributed by atoms with Crippen molar-refractivity contribution in [3.05, 3.63) is 114 Å². The lowest BCUT2D eigenvalue weighted by atomic mass is 10.1. The quantitative estimate of drug-likeness (QED) is 0.485. The number of rotatable bonds is 4. The Labute approximate surface area is 185 Å². The summed E-state index contributed by atoms with van der Waals surface area (Å²) in [5.74, 6) is 0.292. The molecule has 2 heterocycles. The molecule has 2 N–H and O–H groups in total. The molecule has 1 aliphatic heterocycles. The van der Waals surface area contributed by atoms with E-state index in [1.165, 1.54) is 0 Å². The number of amides is 1. The van der Waals surface area contributed by atoms with Gasteiger partial charge >= 0.3 is 0 Å². The third-order valence-corrected chi connectivity index (χ3v) is 5.19. The van der Waals surface area contributed by atoms with E-state index in [2.05, 4.69) is 15.8 Å². The molecular weight excluding hydrogens is 398 g/mol. The Morgan fingerprint density at radius 1 is 0.812 bits per heavy atom. The fourth-order valence-corrected chi connectivity index (χ4v) is 3.50. The van der Waals surface area contributed by atoms with Crippen molar-refractivity contribution >= 4 is 17.8 Å². The number of nitrogens with zero attached hydrogens (tertiary/aromatic N) is 3. The van der Waals surface area contributed by atoms with E-state index in [0.29, 0.717) is 11.5 Å². The second-order valence-corrected chi connectivity index (χ2v) is 7.51. The molecule has 5 rings (SSSR count). The number of nitrogens with one attached hydrogen (secondary N) is 2. The highest BCUT2D eigenvalue weighted by Crippen LogP contribution is 2.26. The van der Waals surface area contributed by atoms with Crippen molar-refractivity contribution in [1.82, 2.24) is 20.6 Å². The molecule has 0 atom stereocenters. The number of hydrazine groups is 1. The molecule has 1 amide bonds. The summed E-state index contributed by atoms with van der Waals surface area (Å²) in [6.45, 7) is 2.03. The van der Waals surface area contributed by atoms with Crippen LogP contribution in [0.25, 0.3) is 23.0 Å². The minimum Gasteiger partial charge on any atom is -0.281 e. The number of benzene rings is 3. The van der Waals surface area contributed by atoms with Crippen LogP contribution in [0.15, 0.2) is 102 Å². The van der Waals surface area contributed by atoms with Crippen LogP contribution in [0, 0.1) is 6.92 Å². The lowest BCUT2D eigenvalue weighted by Crippen LogP contribution is -2.46. The van der Waals surface area contributed by atoms with Crippen LogP contribution in [0.1, 0.15) is 16.7 Å². The van der Waals surface area contributed by atoms with Gasteiger partial charge < -0.3 is 0 Å². The number of hydrogen-bond acceptors (Lipinski definition) is 4. The Hall–Kier alpha value is -4.45. The minimum absolute atomic E-state index is 0.299. The number of hydrogen-bond donors (Lipinski definition) is 2. The average Bonchev–Trinajstić information content (AvgIpc) is 3.26. The number of aryl methyl sites for hydroxylation is 1. The molecule has 3 aromatic carbocycles. The van der Waals surface area contributed by atoms with Crippen molar-refractivity contribution in [2.45, 2.75) is 6.92 Å². The first kappa shape index (κ1) is 19.5. The summed E-state index contributed by atoms with van der Waals surface area (Å²) in [7, 11) is 0. The summed E-state index contributed by atoms with van der Waals surface area (Å²) in [4.78, 5) is 17.2. The zero-order chi connectivity index (χ0) is 21.9. The van der Waals surface area contributed by atoms with E-state index in [9.17, 15) is 4.79 Å². The van der Waals surface area contributed by atoms with Gasteiger partial charge in [0.1, 0.15) is 11.4 Å². The Morgan fingerprint density at radius 2 is 1.50 bits per heavy atom. The SMILES string of the molecule is Cc1ccc(C2=NC(=Cc3cn(-c4ccccc4)nc3-c3ccccc3)C(=O)NN2)cc1. The van der Waals surface area contributed by atoms with E-state index in [0.717, 1.165) is 33.6 Å². The maximum Gasteiger partial charge on any atom is 0.288 e. The van der Waals surface area contributed by atoms with E-state index in [-0.39, 0.29) is 5.91 Å². The number of carbonyl (C=O) groups is 1. The first-order valence-corrected chi connectivity index (χ1v) is 10.3. The lowest BCUT2D eigenvalue weighted by molar-refractivity contribution is -0.118. The molecular formula is C26H21N5O. The molecule has 1 aromatic heterocycles. The van der Waals surface area contributed by atoms with Gasteiger partial charge in [0.2, 0.25) is 0 Å². The molecule has 6 heteroatoms. The van der Waals surface area contributed by atoms with E-state index in [4.69, 9.17) is 5.10 Å². The van der Waals surface area contributed by atoms with E-state index in [1.807, 2.05) is 103 Å². The number of carbonyl (C=O) groups excluding carboxylic acids is 1. The van der Waals surface area contributed by atoms with Crippen LogP contribution in [0.3, 0.4) is 0 Å². The van der Waals surface area contributed by atoms with Gasteiger partial charge in [-0.05, 0) is 25.1 Å². The summed E-state index contributed by atoms with van der Waals surface area (Å²) in [5.41, 5.74) is 11.4. The second-order valence-electron chi connectivity index (χ2n) is 7.51. The van der Waals surface area contributed by atoms with Crippen molar-refractivity contribution < 1.29 is 4.79 Å². The van der Waals surface area contributed by atoms with E-state index in [1.54, 1.807) is 6.08 Å². The first-order valence-electron chi connectivity index (χ1n) is 10.3. The number of para-hydroxylation sites is 1. The molecule has 0 radical (unpaired) electrons. The molecule has 0 unspecified atom stereocenters. The Balaban J connectivity index is 1.61. The van der Waals surface area contributed by atoms with Gasteiger partial charge in [0.25, 0.3) is 5.91 Å². The van der Waals surface area contributed by atoms with Crippen molar-refractivity contribution in [1.29, 1.82) is 0 Å². The van der Waals surface area contributed by atoms with Crippen molar-refractivity contribution in [3.63, 3.8) is 0 Å². The van der Waals surface area contributed by atoms with Crippen molar-refractivity contribution in [2.24, 2.45) is 4.99 Å². The van der Waals surface area contributed by atoms with Gasteiger partial charge in [0.05, 0.1) is 5.69 Å². The summed E-state index contributed by atoms with van der Waals surface area (Å²) >= 11 is 0. The molecule has 0 saturated carbocycles. The average molecular weight is 419 g/mol.